The van der Waals surface area contributed by atoms with Gasteiger partial charge in [0.15, 0.2) is 0 Å². The molecule has 1 aromatic carbocycles. The minimum Gasteiger partial charge on any atom is -0.225 e. The van der Waals surface area contributed by atoms with Crippen LogP contribution in [-0.4, -0.2) is 9.97 Å². The Balaban J connectivity index is 0.000000574. The minimum absolute atomic E-state index is 0.519. The average Bonchev–Trinajstić information content (AvgIpc) is 2.87. The topological polar surface area (TPSA) is 25.8 Å². The van der Waals surface area contributed by atoms with E-state index in [0.29, 0.717) is 5.15 Å². The zero-order chi connectivity index (χ0) is 13.0. The van der Waals surface area contributed by atoms with E-state index in [0.717, 1.165) is 21.3 Å². The van der Waals surface area contributed by atoms with Gasteiger partial charge < -0.3 is 0 Å². The number of hydrogen-bond acceptors (Lipinski definition) is 3. The van der Waals surface area contributed by atoms with Gasteiger partial charge in [-0.05, 0) is 5.56 Å². The molecule has 2 heterocycles. The fourth-order valence-electron chi connectivity index (χ4n) is 1.67. The first-order valence-electron chi connectivity index (χ1n) is 5.79. The molecule has 0 saturated carbocycles. The maximum absolute atomic E-state index is 6.11. The van der Waals surface area contributed by atoms with Crippen LogP contribution in [0.25, 0.3) is 21.3 Å². The summed E-state index contributed by atoms with van der Waals surface area (Å²) < 4.78 is 0. The van der Waals surface area contributed by atoms with Gasteiger partial charge in [0.1, 0.15) is 16.3 Å². The van der Waals surface area contributed by atoms with E-state index in [1.54, 1.807) is 11.3 Å². The van der Waals surface area contributed by atoms with Crippen molar-refractivity contribution < 1.29 is 0 Å². The third-order valence-corrected chi connectivity index (χ3v) is 3.58. The molecule has 18 heavy (non-hydrogen) atoms. The Morgan fingerprint density at radius 2 is 1.78 bits per heavy atom. The second kappa shape index (κ2) is 5.94. The van der Waals surface area contributed by atoms with Crippen molar-refractivity contribution in [2.24, 2.45) is 0 Å². The van der Waals surface area contributed by atoms with E-state index in [2.05, 4.69) is 27.5 Å². The van der Waals surface area contributed by atoms with Crippen LogP contribution in [-0.2, 0) is 0 Å². The van der Waals surface area contributed by atoms with Gasteiger partial charge in [0.2, 0.25) is 0 Å². The van der Waals surface area contributed by atoms with Gasteiger partial charge in [0, 0.05) is 10.9 Å². The normalized spacial score (nSPS) is 9.94. The van der Waals surface area contributed by atoms with E-state index < -0.39 is 0 Å². The summed E-state index contributed by atoms with van der Waals surface area (Å²) in [7, 11) is 0. The summed E-state index contributed by atoms with van der Waals surface area (Å²) in [6.07, 6.45) is 1.50. The molecule has 2 nitrogen and oxygen atoms in total. The first kappa shape index (κ1) is 13.0. The van der Waals surface area contributed by atoms with E-state index in [4.69, 9.17) is 11.6 Å². The van der Waals surface area contributed by atoms with Gasteiger partial charge in [0.25, 0.3) is 0 Å². The fourth-order valence-corrected chi connectivity index (χ4v) is 2.88. The standard InChI is InChI=1S/C12H7ClN2S.C2H6/c13-11-10-9(8-4-2-1-3-5-8)6-16-12(10)15-7-14-11;1-2/h1-7H;1-2H3. The molecule has 0 atom stereocenters. The van der Waals surface area contributed by atoms with Crippen molar-refractivity contribution in [3.05, 3.63) is 47.2 Å². The number of rotatable bonds is 1. The van der Waals surface area contributed by atoms with Gasteiger partial charge in [-0.1, -0.05) is 55.8 Å². The van der Waals surface area contributed by atoms with Crippen molar-refractivity contribution in [2.75, 3.05) is 0 Å². The molecule has 0 amide bonds. The molecule has 0 aliphatic rings. The highest BCUT2D eigenvalue weighted by molar-refractivity contribution is 7.17. The molecule has 3 rings (SSSR count). The molecule has 0 aliphatic carbocycles. The Labute approximate surface area is 115 Å². The Morgan fingerprint density at radius 3 is 2.50 bits per heavy atom. The van der Waals surface area contributed by atoms with Crippen LogP contribution in [0.1, 0.15) is 13.8 Å². The summed E-state index contributed by atoms with van der Waals surface area (Å²) in [5, 5.41) is 3.53. The smallest absolute Gasteiger partial charge is 0.141 e. The minimum atomic E-state index is 0.519. The molecule has 4 heteroatoms. The molecule has 0 radical (unpaired) electrons. The molecule has 0 N–H and O–H groups in total. The van der Waals surface area contributed by atoms with Crippen LogP contribution in [0, 0.1) is 0 Å². The van der Waals surface area contributed by atoms with Crippen LogP contribution < -0.4 is 0 Å². The predicted octanol–water partition coefficient (Wildman–Crippen LogP) is 5.04. The van der Waals surface area contributed by atoms with Crippen LogP contribution in [0.3, 0.4) is 0 Å². The molecule has 92 valence electrons. The summed E-state index contributed by atoms with van der Waals surface area (Å²) in [6.45, 7) is 4.00. The Bertz CT molecular complexity index is 635. The lowest BCUT2D eigenvalue weighted by Crippen LogP contribution is -1.81. The first-order valence-corrected chi connectivity index (χ1v) is 7.05. The molecule has 0 bridgehead atoms. The average molecular weight is 277 g/mol. The monoisotopic (exact) mass is 276 g/mol. The van der Waals surface area contributed by atoms with Crippen LogP contribution >= 0.6 is 22.9 Å². The van der Waals surface area contributed by atoms with Gasteiger partial charge >= 0.3 is 0 Å². The summed E-state index contributed by atoms with van der Waals surface area (Å²) in [5.41, 5.74) is 2.25. The number of fused-ring (bicyclic) bond motifs is 1. The van der Waals surface area contributed by atoms with E-state index >= 15 is 0 Å². The van der Waals surface area contributed by atoms with Crippen molar-refractivity contribution in [2.45, 2.75) is 13.8 Å². The summed E-state index contributed by atoms with van der Waals surface area (Å²) >= 11 is 7.70. The van der Waals surface area contributed by atoms with Gasteiger partial charge in [-0.25, -0.2) is 9.97 Å². The van der Waals surface area contributed by atoms with Crippen LogP contribution in [0.2, 0.25) is 5.15 Å². The number of hydrogen-bond donors (Lipinski definition) is 0. The molecule has 3 aromatic rings. The number of benzene rings is 1. The quantitative estimate of drug-likeness (QED) is 0.582. The molecular formula is C14H13ClN2S. The van der Waals surface area contributed by atoms with Gasteiger partial charge in [-0.3, -0.25) is 0 Å². The second-order valence-electron chi connectivity index (χ2n) is 3.36. The Morgan fingerprint density at radius 1 is 1.06 bits per heavy atom. The molecule has 0 aliphatic heterocycles. The predicted molar refractivity (Wildman–Crippen MR) is 79.2 cm³/mol. The van der Waals surface area contributed by atoms with Gasteiger partial charge in [-0.2, -0.15) is 0 Å². The lowest BCUT2D eigenvalue weighted by molar-refractivity contribution is 1.23. The Kier molecular flexibility index (Phi) is 4.28. The molecular weight excluding hydrogens is 264 g/mol. The van der Waals surface area contributed by atoms with Crippen molar-refractivity contribution in [1.29, 1.82) is 0 Å². The SMILES string of the molecule is CC.Clc1ncnc2scc(-c3ccccc3)c12. The summed E-state index contributed by atoms with van der Waals surface area (Å²) in [4.78, 5) is 9.17. The highest BCUT2D eigenvalue weighted by atomic mass is 35.5. The van der Waals surface area contributed by atoms with Crippen LogP contribution in [0.15, 0.2) is 42.0 Å². The highest BCUT2D eigenvalue weighted by Crippen LogP contribution is 2.35. The maximum Gasteiger partial charge on any atom is 0.141 e. The largest absolute Gasteiger partial charge is 0.225 e. The van der Waals surface area contributed by atoms with Crippen molar-refractivity contribution in [3.63, 3.8) is 0 Å². The Hall–Kier alpha value is -1.45. The maximum atomic E-state index is 6.11. The van der Waals surface area contributed by atoms with Crippen LogP contribution in [0.5, 0.6) is 0 Å². The summed E-state index contributed by atoms with van der Waals surface area (Å²) in [5.74, 6) is 0. The second-order valence-corrected chi connectivity index (χ2v) is 4.58. The fraction of sp³-hybridized carbons (Fsp3) is 0.143. The van der Waals surface area contributed by atoms with Crippen molar-refractivity contribution >= 4 is 33.2 Å². The van der Waals surface area contributed by atoms with E-state index in [-0.39, 0.29) is 0 Å². The zero-order valence-electron chi connectivity index (χ0n) is 10.2. The van der Waals surface area contributed by atoms with Gasteiger partial charge in [0.05, 0.1) is 5.39 Å². The van der Waals surface area contributed by atoms with E-state index in [9.17, 15) is 0 Å². The lowest BCUT2D eigenvalue weighted by atomic mass is 10.1. The van der Waals surface area contributed by atoms with Gasteiger partial charge in [-0.15, -0.1) is 11.3 Å². The van der Waals surface area contributed by atoms with E-state index in [1.165, 1.54) is 6.33 Å². The number of thiophene rings is 1. The van der Waals surface area contributed by atoms with Crippen molar-refractivity contribution in [3.8, 4) is 11.1 Å². The van der Waals surface area contributed by atoms with Crippen LogP contribution in [0.4, 0.5) is 0 Å². The first-order chi connectivity index (χ1) is 8.86. The molecule has 0 unspecified atom stereocenters. The molecule has 2 aromatic heterocycles. The number of halogens is 1. The third-order valence-electron chi connectivity index (χ3n) is 2.41. The lowest BCUT2D eigenvalue weighted by Gasteiger charge is -1.99. The summed E-state index contributed by atoms with van der Waals surface area (Å²) in [6, 6.07) is 10.1. The third kappa shape index (κ3) is 2.37. The number of aromatic nitrogens is 2. The van der Waals surface area contributed by atoms with E-state index in [1.807, 2.05) is 32.0 Å². The molecule has 0 fully saturated rings. The zero-order valence-corrected chi connectivity index (χ0v) is 11.8. The highest BCUT2D eigenvalue weighted by Gasteiger charge is 2.10. The number of nitrogens with zero attached hydrogens (tertiary/aromatic N) is 2. The molecule has 0 spiro atoms. The molecule has 0 saturated heterocycles. The van der Waals surface area contributed by atoms with Crippen molar-refractivity contribution in [1.82, 2.24) is 9.97 Å².